The van der Waals surface area contributed by atoms with Gasteiger partial charge in [-0.3, -0.25) is 19.0 Å². The molecule has 8 nitrogen and oxygen atoms in total. The number of carbonyl (C=O) groups is 2. The summed E-state index contributed by atoms with van der Waals surface area (Å²) in [4.78, 5) is 22.8. The molecule has 0 unspecified atom stereocenters. The van der Waals surface area contributed by atoms with Crippen LogP contribution in [-0.4, -0.2) is 38.5 Å². The van der Waals surface area contributed by atoms with Crippen molar-refractivity contribution >= 4 is 23.6 Å². The Labute approximate surface area is 121 Å². The first-order valence-electron chi connectivity index (χ1n) is 6.14. The number of anilines is 1. The first-order valence-corrected chi connectivity index (χ1v) is 6.14. The van der Waals surface area contributed by atoms with Crippen molar-refractivity contribution in [3.8, 4) is 0 Å². The lowest BCUT2D eigenvalue weighted by atomic mass is 10.3. The topological polar surface area (TPSA) is 91.0 Å². The number of aryl methyl sites for hydroxylation is 1. The molecule has 0 saturated heterocycles. The van der Waals surface area contributed by atoms with E-state index in [0.717, 1.165) is 5.56 Å². The van der Waals surface area contributed by atoms with Gasteiger partial charge in [0.2, 0.25) is 5.91 Å². The van der Waals surface area contributed by atoms with E-state index < -0.39 is 5.97 Å². The molecule has 0 aromatic carbocycles. The maximum absolute atomic E-state index is 11.7. The molecule has 0 aliphatic rings. The third kappa shape index (κ3) is 4.30. The monoisotopic (exact) mass is 289 g/mol. The predicted molar refractivity (Wildman–Crippen MR) is 75.1 cm³/mol. The lowest BCUT2D eigenvalue weighted by Crippen LogP contribution is -2.11. The molecule has 0 fully saturated rings. The minimum Gasteiger partial charge on any atom is -0.468 e. The zero-order chi connectivity index (χ0) is 15.2. The highest BCUT2D eigenvalue weighted by Crippen LogP contribution is 2.06. The van der Waals surface area contributed by atoms with Gasteiger partial charge < -0.3 is 10.1 Å². The molecule has 2 heterocycles. The first-order chi connectivity index (χ1) is 10.1. The summed E-state index contributed by atoms with van der Waals surface area (Å²) < 4.78 is 7.56. The Balaban J connectivity index is 1.90. The normalized spacial score (nSPS) is 10.8. The van der Waals surface area contributed by atoms with Crippen LogP contribution in [0.5, 0.6) is 0 Å². The number of carbonyl (C=O) groups excluding carboxylic acids is 2. The van der Waals surface area contributed by atoms with Crippen LogP contribution >= 0.6 is 0 Å². The van der Waals surface area contributed by atoms with Crippen molar-refractivity contribution in [2.75, 3.05) is 12.4 Å². The van der Waals surface area contributed by atoms with Gasteiger partial charge in [-0.05, 0) is 6.08 Å². The van der Waals surface area contributed by atoms with E-state index in [0.29, 0.717) is 5.69 Å². The molecule has 8 heteroatoms. The van der Waals surface area contributed by atoms with Crippen LogP contribution in [0.3, 0.4) is 0 Å². The number of hydrogen-bond acceptors (Lipinski definition) is 5. The van der Waals surface area contributed by atoms with Gasteiger partial charge in [-0.2, -0.15) is 10.2 Å². The second-order valence-electron chi connectivity index (χ2n) is 4.27. The van der Waals surface area contributed by atoms with E-state index in [-0.39, 0.29) is 12.5 Å². The van der Waals surface area contributed by atoms with E-state index in [4.69, 9.17) is 0 Å². The van der Waals surface area contributed by atoms with Gasteiger partial charge in [0.15, 0.2) is 0 Å². The molecule has 2 aromatic heterocycles. The van der Waals surface area contributed by atoms with Gasteiger partial charge in [0.05, 0.1) is 25.2 Å². The third-order valence-corrected chi connectivity index (χ3v) is 2.57. The van der Waals surface area contributed by atoms with Gasteiger partial charge in [-0.25, -0.2) is 0 Å². The number of amides is 1. The summed E-state index contributed by atoms with van der Waals surface area (Å²) in [5.74, 6) is -0.705. The van der Waals surface area contributed by atoms with E-state index >= 15 is 0 Å². The fourth-order valence-corrected chi connectivity index (χ4v) is 1.59. The molecule has 0 saturated carbocycles. The number of methoxy groups -OCH3 is 1. The highest BCUT2D eigenvalue weighted by molar-refractivity contribution is 6.01. The van der Waals surface area contributed by atoms with Gasteiger partial charge in [-0.1, -0.05) is 0 Å². The van der Waals surface area contributed by atoms with E-state index in [1.165, 1.54) is 24.1 Å². The Morgan fingerprint density at radius 3 is 2.81 bits per heavy atom. The lowest BCUT2D eigenvalue weighted by molar-refractivity contribution is -0.141. The van der Waals surface area contributed by atoms with Gasteiger partial charge >= 0.3 is 5.97 Å². The average Bonchev–Trinajstić information content (AvgIpc) is 3.05. The fraction of sp³-hybridized carbons (Fsp3) is 0.231. The van der Waals surface area contributed by atoms with Crippen LogP contribution in [0.2, 0.25) is 0 Å². The van der Waals surface area contributed by atoms with E-state index in [2.05, 4.69) is 20.3 Å². The van der Waals surface area contributed by atoms with Gasteiger partial charge in [-0.15, -0.1) is 0 Å². The van der Waals surface area contributed by atoms with Gasteiger partial charge in [0, 0.05) is 31.1 Å². The Morgan fingerprint density at radius 1 is 1.33 bits per heavy atom. The molecule has 2 aromatic rings. The highest BCUT2D eigenvalue weighted by atomic mass is 16.5. The predicted octanol–water partition coefficient (Wildman–Crippen LogP) is 0.441. The van der Waals surface area contributed by atoms with E-state index in [1.807, 2.05) is 0 Å². The summed E-state index contributed by atoms with van der Waals surface area (Å²) in [5.41, 5.74) is 1.33. The SMILES string of the molecule is COC(=O)Cn1cc(NC(=O)/C=C/c2cnn(C)c2)cn1. The maximum atomic E-state index is 11.7. The number of esters is 1. The van der Waals surface area contributed by atoms with Crippen molar-refractivity contribution in [3.05, 3.63) is 36.4 Å². The van der Waals surface area contributed by atoms with Crippen LogP contribution in [0.25, 0.3) is 6.08 Å². The summed E-state index contributed by atoms with van der Waals surface area (Å²) in [6.45, 7) is -0.00209. The summed E-state index contributed by atoms with van der Waals surface area (Å²) in [6.07, 6.45) is 9.50. The number of nitrogens with one attached hydrogen (secondary N) is 1. The van der Waals surface area contributed by atoms with Crippen LogP contribution in [-0.2, 0) is 27.9 Å². The highest BCUT2D eigenvalue weighted by Gasteiger charge is 2.05. The van der Waals surface area contributed by atoms with Crippen LogP contribution in [0.15, 0.2) is 30.9 Å². The van der Waals surface area contributed by atoms with Gasteiger partial charge in [0.25, 0.3) is 0 Å². The molecular formula is C13H15N5O3. The van der Waals surface area contributed by atoms with Crippen molar-refractivity contribution < 1.29 is 14.3 Å². The molecule has 2 rings (SSSR count). The van der Waals surface area contributed by atoms with E-state index in [1.54, 1.807) is 36.4 Å². The zero-order valence-corrected chi connectivity index (χ0v) is 11.7. The molecule has 0 bridgehead atoms. The molecule has 0 atom stereocenters. The number of ether oxygens (including phenoxy) is 1. The minimum absolute atomic E-state index is 0.00209. The summed E-state index contributed by atoms with van der Waals surface area (Å²) >= 11 is 0. The minimum atomic E-state index is -0.410. The average molecular weight is 289 g/mol. The fourth-order valence-electron chi connectivity index (χ4n) is 1.59. The van der Waals surface area contributed by atoms with Crippen LogP contribution < -0.4 is 5.32 Å². The van der Waals surface area contributed by atoms with Crippen LogP contribution in [0.1, 0.15) is 5.56 Å². The van der Waals surface area contributed by atoms with Crippen LogP contribution in [0.4, 0.5) is 5.69 Å². The first kappa shape index (κ1) is 14.5. The van der Waals surface area contributed by atoms with E-state index in [9.17, 15) is 9.59 Å². The molecule has 1 N–H and O–H groups in total. The number of aromatic nitrogens is 4. The number of nitrogens with zero attached hydrogens (tertiary/aromatic N) is 4. The molecule has 0 radical (unpaired) electrons. The van der Waals surface area contributed by atoms with Crippen molar-refractivity contribution in [2.24, 2.45) is 7.05 Å². The Kier molecular flexibility index (Phi) is 4.50. The quantitative estimate of drug-likeness (QED) is 0.637. The molecular weight excluding hydrogens is 274 g/mol. The summed E-state index contributed by atoms with van der Waals surface area (Å²) in [7, 11) is 3.10. The second-order valence-corrected chi connectivity index (χ2v) is 4.27. The number of hydrogen-bond donors (Lipinski definition) is 1. The lowest BCUT2D eigenvalue weighted by Gasteiger charge is -1.98. The standard InChI is InChI=1S/C13H15N5O3/c1-17-7-10(5-14-17)3-4-12(19)16-11-6-15-18(8-11)9-13(20)21-2/h3-8H,9H2,1-2H3,(H,16,19)/b4-3+. The zero-order valence-electron chi connectivity index (χ0n) is 11.7. The van der Waals surface area contributed by atoms with Crippen molar-refractivity contribution in [1.82, 2.24) is 19.6 Å². The summed E-state index contributed by atoms with van der Waals surface area (Å²) in [5, 5.41) is 10.6. The van der Waals surface area contributed by atoms with Crippen LogP contribution in [0, 0.1) is 0 Å². The smallest absolute Gasteiger partial charge is 0.327 e. The molecule has 110 valence electrons. The maximum Gasteiger partial charge on any atom is 0.327 e. The van der Waals surface area contributed by atoms with Crippen molar-refractivity contribution in [2.45, 2.75) is 6.54 Å². The second kappa shape index (κ2) is 6.51. The Hall–Kier alpha value is -2.90. The van der Waals surface area contributed by atoms with Crippen molar-refractivity contribution in [1.29, 1.82) is 0 Å². The number of rotatable bonds is 5. The van der Waals surface area contributed by atoms with Gasteiger partial charge in [0.1, 0.15) is 6.54 Å². The molecule has 0 spiro atoms. The van der Waals surface area contributed by atoms with Crippen molar-refractivity contribution in [3.63, 3.8) is 0 Å². The third-order valence-electron chi connectivity index (χ3n) is 2.57. The Morgan fingerprint density at radius 2 is 2.14 bits per heavy atom. The molecule has 0 aliphatic carbocycles. The largest absolute Gasteiger partial charge is 0.468 e. The Bertz CT molecular complexity index is 671. The summed E-state index contributed by atoms with van der Waals surface area (Å²) in [6, 6.07) is 0. The molecule has 1 amide bonds. The molecule has 0 aliphatic heterocycles. The molecule has 21 heavy (non-hydrogen) atoms.